The maximum Gasteiger partial charge on any atom is 0.289 e. The van der Waals surface area contributed by atoms with Gasteiger partial charge < -0.3 is 25.3 Å². The van der Waals surface area contributed by atoms with Crippen LogP contribution < -0.4 is 16.0 Å². The molecule has 0 bridgehead atoms. The van der Waals surface area contributed by atoms with E-state index in [0.29, 0.717) is 31.7 Å². The van der Waals surface area contributed by atoms with Crippen LogP contribution in [-0.2, 0) is 26.8 Å². The number of hydrogen-bond acceptors (Lipinski definition) is 6. The van der Waals surface area contributed by atoms with Crippen molar-refractivity contribution in [2.45, 2.75) is 56.4 Å². The normalized spacial score (nSPS) is 20.4. The first-order valence-corrected chi connectivity index (χ1v) is 12.0. The minimum Gasteiger partial charge on any atom is -0.381 e. The number of rotatable bonds is 5. The molecule has 1 aliphatic carbocycles. The van der Waals surface area contributed by atoms with E-state index in [4.69, 9.17) is 4.74 Å². The van der Waals surface area contributed by atoms with Gasteiger partial charge in [-0.2, -0.15) is 0 Å². The summed E-state index contributed by atoms with van der Waals surface area (Å²) in [6, 6.07) is 4.87. The zero-order valence-corrected chi connectivity index (χ0v) is 19.3. The van der Waals surface area contributed by atoms with Crippen LogP contribution in [0.3, 0.4) is 0 Å². The molecule has 0 radical (unpaired) electrons. The van der Waals surface area contributed by atoms with E-state index in [1.807, 2.05) is 12.1 Å². The summed E-state index contributed by atoms with van der Waals surface area (Å²) in [5.74, 6) is -0.493. The Morgan fingerprint density at radius 1 is 1.21 bits per heavy atom. The van der Waals surface area contributed by atoms with Crippen LogP contribution in [0.25, 0.3) is 0 Å². The Kier molecular flexibility index (Phi) is 6.07. The van der Waals surface area contributed by atoms with Crippen LogP contribution in [0, 0.1) is 5.92 Å². The molecular weight excluding hydrogens is 436 g/mol. The van der Waals surface area contributed by atoms with E-state index < -0.39 is 17.4 Å². The lowest BCUT2D eigenvalue weighted by atomic mass is 9.75. The fourth-order valence-corrected chi connectivity index (χ4v) is 5.50. The predicted molar refractivity (Wildman–Crippen MR) is 124 cm³/mol. The Balaban J connectivity index is 1.35. The monoisotopic (exact) mass is 466 g/mol. The van der Waals surface area contributed by atoms with Crippen molar-refractivity contribution in [2.24, 2.45) is 13.0 Å². The second-order valence-electron chi connectivity index (χ2n) is 9.51. The quantitative estimate of drug-likeness (QED) is 0.620. The Hall–Kier alpha value is -3.27. The average Bonchev–Trinajstić information content (AvgIpc) is 3.39. The molecule has 180 valence electrons. The molecule has 1 saturated heterocycles. The number of nitrogens with zero attached hydrogens (tertiary/aromatic N) is 3. The van der Waals surface area contributed by atoms with Crippen molar-refractivity contribution in [3.63, 3.8) is 0 Å². The summed E-state index contributed by atoms with van der Waals surface area (Å²) in [4.78, 5) is 39.0. The highest BCUT2D eigenvalue weighted by Crippen LogP contribution is 2.45. The number of aromatic nitrogens is 3. The first-order valence-electron chi connectivity index (χ1n) is 12.0. The summed E-state index contributed by atoms with van der Waals surface area (Å²) in [5.41, 5.74) is 1.72. The van der Waals surface area contributed by atoms with Crippen molar-refractivity contribution in [3.8, 4) is 0 Å². The third-order valence-electron chi connectivity index (χ3n) is 7.44. The largest absolute Gasteiger partial charge is 0.381 e. The van der Waals surface area contributed by atoms with Crippen LogP contribution in [0.2, 0.25) is 0 Å². The molecule has 1 atom stereocenters. The van der Waals surface area contributed by atoms with E-state index in [-0.39, 0.29) is 23.6 Å². The third-order valence-corrected chi connectivity index (χ3v) is 7.44. The molecule has 3 N–H and O–H groups in total. The Bertz CT molecular complexity index is 1100. The molecule has 1 unspecified atom stereocenters. The molecule has 5 rings (SSSR count). The molecule has 2 aliphatic heterocycles. The highest BCUT2D eigenvalue weighted by atomic mass is 16.5. The number of carbonyl (C=O) groups excluding carboxylic acids is 3. The highest BCUT2D eigenvalue weighted by molar-refractivity contribution is 6.07. The number of fused-ring (bicyclic) bond motifs is 2. The van der Waals surface area contributed by atoms with Crippen LogP contribution in [0.5, 0.6) is 0 Å². The minimum absolute atomic E-state index is 0.00898. The summed E-state index contributed by atoms with van der Waals surface area (Å²) in [5, 5.41) is 16.5. The first-order chi connectivity index (χ1) is 16.5. The molecule has 2 aromatic rings. The summed E-state index contributed by atoms with van der Waals surface area (Å²) >= 11 is 0. The topological polar surface area (TPSA) is 127 Å². The van der Waals surface area contributed by atoms with Crippen LogP contribution >= 0.6 is 0 Å². The lowest BCUT2D eigenvalue weighted by Gasteiger charge is -2.31. The van der Waals surface area contributed by atoms with E-state index >= 15 is 0 Å². The molecule has 2 fully saturated rings. The third kappa shape index (κ3) is 4.06. The van der Waals surface area contributed by atoms with Gasteiger partial charge in [-0.1, -0.05) is 25.3 Å². The van der Waals surface area contributed by atoms with E-state index in [2.05, 4.69) is 26.1 Å². The van der Waals surface area contributed by atoms with Gasteiger partial charge in [-0.15, -0.1) is 10.2 Å². The lowest BCUT2D eigenvalue weighted by molar-refractivity contribution is -0.124. The van der Waals surface area contributed by atoms with Crippen molar-refractivity contribution >= 4 is 29.1 Å². The van der Waals surface area contributed by atoms with Crippen LogP contribution in [-0.4, -0.2) is 51.7 Å². The summed E-state index contributed by atoms with van der Waals surface area (Å²) in [7, 11) is 1.69. The standard InChI is InChI=1S/C24H30N6O4/c1-30-14-25-29-20(30)22(32)28-19(15-5-3-2-4-6-15)21(31)26-16-7-8-17-18(13-16)27-23(33)24(17)9-11-34-12-10-24/h7-8,13-15,19H,2-6,9-12H2,1H3,(H,26,31)(H,27,33)(H,28,32). The Morgan fingerprint density at radius 2 is 1.97 bits per heavy atom. The number of ether oxygens (including phenoxy) is 1. The van der Waals surface area contributed by atoms with Gasteiger partial charge in [0.1, 0.15) is 12.4 Å². The smallest absolute Gasteiger partial charge is 0.289 e. The fraction of sp³-hybridized carbons (Fsp3) is 0.542. The number of anilines is 2. The highest BCUT2D eigenvalue weighted by Gasteiger charge is 2.47. The molecule has 1 aromatic heterocycles. The Morgan fingerprint density at radius 3 is 2.68 bits per heavy atom. The zero-order valence-electron chi connectivity index (χ0n) is 19.3. The summed E-state index contributed by atoms with van der Waals surface area (Å²) in [6.07, 6.45) is 7.71. The lowest BCUT2D eigenvalue weighted by Crippen LogP contribution is -2.49. The number of hydrogen-bond donors (Lipinski definition) is 3. The van der Waals surface area contributed by atoms with Crippen molar-refractivity contribution in [3.05, 3.63) is 35.9 Å². The van der Waals surface area contributed by atoms with E-state index in [1.54, 1.807) is 13.1 Å². The van der Waals surface area contributed by atoms with Gasteiger partial charge in [-0.25, -0.2) is 0 Å². The summed E-state index contributed by atoms with van der Waals surface area (Å²) < 4.78 is 6.99. The van der Waals surface area contributed by atoms with Crippen molar-refractivity contribution in [2.75, 3.05) is 23.8 Å². The van der Waals surface area contributed by atoms with E-state index in [1.165, 1.54) is 10.9 Å². The van der Waals surface area contributed by atoms with Crippen LogP contribution in [0.4, 0.5) is 11.4 Å². The van der Waals surface area contributed by atoms with Gasteiger partial charge in [-0.05, 0) is 49.3 Å². The van der Waals surface area contributed by atoms with Gasteiger partial charge in [0.2, 0.25) is 17.6 Å². The molecule has 1 aromatic carbocycles. The van der Waals surface area contributed by atoms with Gasteiger partial charge in [0.05, 0.1) is 5.41 Å². The van der Waals surface area contributed by atoms with Crippen molar-refractivity contribution in [1.29, 1.82) is 0 Å². The maximum absolute atomic E-state index is 13.4. The minimum atomic E-state index is -0.686. The molecule has 3 amide bonds. The molecule has 3 heterocycles. The molecule has 10 nitrogen and oxygen atoms in total. The maximum atomic E-state index is 13.4. The zero-order chi connectivity index (χ0) is 23.7. The molecule has 3 aliphatic rings. The van der Waals surface area contributed by atoms with E-state index in [0.717, 1.165) is 43.4 Å². The molecule has 10 heteroatoms. The molecule has 1 saturated carbocycles. The van der Waals surface area contributed by atoms with Gasteiger partial charge in [0, 0.05) is 31.6 Å². The van der Waals surface area contributed by atoms with Crippen molar-refractivity contribution in [1.82, 2.24) is 20.1 Å². The first kappa shape index (κ1) is 22.5. The summed E-state index contributed by atoms with van der Waals surface area (Å²) in [6.45, 7) is 1.11. The van der Waals surface area contributed by atoms with Crippen molar-refractivity contribution < 1.29 is 19.1 Å². The number of aryl methyl sites for hydroxylation is 1. The van der Waals surface area contributed by atoms with Gasteiger partial charge >= 0.3 is 0 Å². The predicted octanol–water partition coefficient (Wildman–Crippen LogP) is 2.13. The molecule has 1 spiro atoms. The molecular formula is C24H30N6O4. The van der Waals surface area contributed by atoms with E-state index in [9.17, 15) is 14.4 Å². The Labute approximate surface area is 197 Å². The van der Waals surface area contributed by atoms with Crippen LogP contribution in [0.1, 0.15) is 61.1 Å². The number of benzene rings is 1. The number of nitrogens with one attached hydrogen (secondary N) is 3. The number of amides is 3. The number of carbonyl (C=O) groups is 3. The second kappa shape index (κ2) is 9.17. The average molecular weight is 467 g/mol. The van der Waals surface area contributed by atoms with Gasteiger partial charge in [0.15, 0.2) is 0 Å². The fourth-order valence-electron chi connectivity index (χ4n) is 5.50. The van der Waals surface area contributed by atoms with Gasteiger partial charge in [0.25, 0.3) is 5.91 Å². The van der Waals surface area contributed by atoms with Gasteiger partial charge in [-0.3, -0.25) is 14.4 Å². The second-order valence-corrected chi connectivity index (χ2v) is 9.51. The molecule has 34 heavy (non-hydrogen) atoms. The SMILES string of the molecule is Cn1cnnc1C(=O)NC(C(=O)Nc1ccc2c(c1)NC(=O)C21CCOCC1)C1CCCCC1. The van der Waals surface area contributed by atoms with Crippen LogP contribution in [0.15, 0.2) is 24.5 Å².